The van der Waals surface area contributed by atoms with Crippen LogP contribution >= 0.6 is 0 Å². The molecule has 6 fully saturated rings. The maximum absolute atomic E-state index is 15.3. The van der Waals surface area contributed by atoms with E-state index in [1.807, 2.05) is 32.6 Å². The fourth-order valence-electron chi connectivity index (χ4n) is 13.3. The first-order valence-corrected chi connectivity index (χ1v) is 27.2. The molecule has 5 aromatic rings. The highest BCUT2D eigenvalue weighted by molar-refractivity contribution is 6.09. The summed E-state index contributed by atoms with van der Waals surface area (Å²) in [6.07, 6.45) is 12.9. The van der Waals surface area contributed by atoms with E-state index in [1.54, 1.807) is 30.7 Å². The Balaban J connectivity index is 0.726. The van der Waals surface area contributed by atoms with Gasteiger partial charge < -0.3 is 34.4 Å². The summed E-state index contributed by atoms with van der Waals surface area (Å²) in [7, 11) is 0. The fourth-order valence-corrected chi connectivity index (χ4v) is 13.3. The van der Waals surface area contributed by atoms with E-state index in [0.29, 0.717) is 101 Å². The van der Waals surface area contributed by atoms with E-state index in [9.17, 15) is 19.2 Å². The van der Waals surface area contributed by atoms with Crippen molar-refractivity contribution in [3.05, 3.63) is 90.1 Å². The van der Waals surface area contributed by atoms with Crippen LogP contribution in [0.2, 0.25) is 0 Å². The minimum absolute atomic E-state index is 0.0770. The number of para-hydroxylation sites is 1. The molecule has 1 spiro atoms. The zero-order chi connectivity index (χ0) is 50.8. The molecule has 2 N–H and O–H groups in total. The fraction of sp³-hybridized carbons (Fsp3) is 0.509. The highest BCUT2D eigenvalue weighted by atomic mass is 19.1. The van der Waals surface area contributed by atoms with Gasteiger partial charge in [-0.05, 0) is 133 Å². The van der Waals surface area contributed by atoms with Crippen LogP contribution in [0.3, 0.4) is 0 Å². The minimum Gasteiger partial charge on any atom is -0.356 e. The van der Waals surface area contributed by atoms with Crippen LogP contribution in [0.5, 0.6) is 0 Å². The molecule has 5 saturated heterocycles. The smallest absolute Gasteiger partial charge is 0.238 e. The van der Waals surface area contributed by atoms with E-state index in [4.69, 9.17) is 9.97 Å². The van der Waals surface area contributed by atoms with E-state index < -0.39 is 11.3 Å². The van der Waals surface area contributed by atoms with Gasteiger partial charge in [0.2, 0.25) is 29.5 Å². The number of carbonyl (C=O) groups excluding carboxylic acids is 5. The van der Waals surface area contributed by atoms with Crippen molar-refractivity contribution in [2.75, 3.05) is 67.5 Å². The van der Waals surface area contributed by atoms with Gasteiger partial charge in [-0.15, -0.1) is 0 Å². The standard InChI is InChI=1S/C57H66FN11O5/c1-35(2)68-34-60-47-31-46(62-52(51(47)68)61-45-9-5-4-8-44(45)58)37-10-13-43-48(28-37)69(41-29-40(30-41)64-21-6-3-7-22-64)56(74)57(43)19-26-66(27-20-57)54(72)36-16-23-65(24-17-36)55(73)39-18-25-67(33-39)49-14-11-38(32-59-49)42-12-15-50(70)63-53(42)71/h4-5,8-11,13-14,28,31-32,34-36,39-42H,3,6-7,12,15-27,29-30,33H2,1-2H3,(H,61,62)(H,63,70,71)/t39-,40?,41?,42?/m0/s1. The highest BCUT2D eigenvalue weighted by Gasteiger charge is 2.56. The summed E-state index contributed by atoms with van der Waals surface area (Å²) >= 11 is 0. The van der Waals surface area contributed by atoms with E-state index in [1.165, 1.54) is 25.3 Å². The summed E-state index contributed by atoms with van der Waals surface area (Å²) in [5, 5.41) is 5.70. The molecular weight excluding hydrogens is 938 g/mol. The Hall–Kier alpha value is -6.75. The molecule has 6 aliphatic heterocycles. The van der Waals surface area contributed by atoms with E-state index in [-0.39, 0.29) is 59.3 Å². The number of nitrogens with zero attached hydrogens (tertiary/aromatic N) is 9. The van der Waals surface area contributed by atoms with Crippen molar-refractivity contribution in [3.8, 4) is 11.3 Å². The normalized spacial score (nSPS) is 24.5. The second-order valence-corrected chi connectivity index (χ2v) is 22.2. The lowest BCUT2D eigenvalue weighted by Gasteiger charge is -2.48. The number of piperidine rings is 4. The lowest BCUT2D eigenvalue weighted by molar-refractivity contribution is -0.144. The van der Waals surface area contributed by atoms with Crippen LogP contribution in [0.15, 0.2) is 73.2 Å². The van der Waals surface area contributed by atoms with Crippen molar-refractivity contribution < 1.29 is 28.4 Å². The third-order valence-electron chi connectivity index (χ3n) is 17.7. The molecule has 9 heterocycles. The molecule has 2 atom stereocenters. The zero-order valence-corrected chi connectivity index (χ0v) is 42.5. The summed E-state index contributed by atoms with van der Waals surface area (Å²) in [6, 6.07) is 19.3. The largest absolute Gasteiger partial charge is 0.356 e. The molecule has 5 amide bonds. The summed E-state index contributed by atoms with van der Waals surface area (Å²) in [5.74, 6) is 0.000615. The van der Waals surface area contributed by atoms with Crippen molar-refractivity contribution in [1.82, 2.24) is 39.5 Å². The second-order valence-electron chi connectivity index (χ2n) is 22.2. The highest BCUT2D eigenvalue weighted by Crippen LogP contribution is 2.52. The topological polar surface area (TPSA) is 169 Å². The van der Waals surface area contributed by atoms with Gasteiger partial charge in [0, 0.05) is 87.2 Å². The third-order valence-corrected chi connectivity index (χ3v) is 17.7. The average Bonchev–Trinajstić information content (AvgIpc) is 4.14. The summed E-state index contributed by atoms with van der Waals surface area (Å²) in [4.78, 5) is 92.8. The van der Waals surface area contributed by atoms with Gasteiger partial charge in [0.25, 0.3) is 0 Å². The maximum Gasteiger partial charge on any atom is 0.238 e. The number of benzene rings is 2. The predicted molar refractivity (Wildman–Crippen MR) is 279 cm³/mol. The van der Waals surface area contributed by atoms with Gasteiger partial charge in [0.15, 0.2) is 5.82 Å². The van der Waals surface area contributed by atoms with E-state index >= 15 is 9.18 Å². The molecule has 1 saturated carbocycles. The Morgan fingerprint density at radius 3 is 2.27 bits per heavy atom. The van der Waals surface area contributed by atoms with Crippen LogP contribution in [-0.4, -0.2) is 128 Å². The van der Waals surface area contributed by atoms with Crippen molar-refractivity contribution >= 4 is 63.6 Å². The van der Waals surface area contributed by atoms with Crippen molar-refractivity contribution in [2.45, 2.75) is 120 Å². The Kier molecular flexibility index (Phi) is 12.7. The molecule has 17 heteroatoms. The molecule has 386 valence electrons. The molecule has 1 aliphatic carbocycles. The number of rotatable bonds is 10. The summed E-state index contributed by atoms with van der Waals surface area (Å²) < 4.78 is 17.1. The van der Waals surface area contributed by atoms with Gasteiger partial charge in [-0.1, -0.05) is 36.8 Å². The Labute approximate surface area is 431 Å². The van der Waals surface area contributed by atoms with Crippen molar-refractivity contribution in [2.24, 2.45) is 11.8 Å². The molecule has 0 radical (unpaired) electrons. The van der Waals surface area contributed by atoms with Crippen molar-refractivity contribution in [1.29, 1.82) is 0 Å². The van der Waals surface area contributed by atoms with Crippen LogP contribution in [0.4, 0.5) is 27.4 Å². The van der Waals surface area contributed by atoms with Crippen LogP contribution in [0, 0.1) is 17.7 Å². The average molecular weight is 1000 g/mol. The van der Waals surface area contributed by atoms with Crippen LogP contribution in [-0.2, 0) is 29.4 Å². The molecule has 1 unspecified atom stereocenters. The van der Waals surface area contributed by atoms with Crippen LogP contribution in [0.25, 0.3) is 22.3 Å². The van der Waals surface area contributed by atoms with Gasteiger partial charge >= 0.3 is 0 Å². The Morgan fingerprint density at radius 2 is 1.54 bits per heavy atom. The second kappa shape index (κ2) is 19.5. The number of fused-ring (bicyclic) bond motifs is 3. The molecule has 74 heavy (non-hydrogen) atoms. The van der Waals surface area contributed by atoms with Gasteiger partial charge in [-0.3, -0.25) is 29.3 Å². The summed E-state index contributed by atoms with van der Waals surface area (Å²) in [5.41, 5.74) is 5.34. The third kappa shape index (κ3) is 8.67. The number of nitrogens with one attached hydrogen (secondary N) is 2. The molecular formula is C57H66FN11O5. The molecule has 12 rings (SSSR count). The quantitative estimate of drug-likeness (QED) is 0.133. The number of carbonyl (C=O) groups is 5. The molecule has 7 aliphatic rings. The molecule has 2 aromatic carbocycles. The summed E-state index contributed by atoms with van der Waals surface area (Å²) in [6.45, 7) is 9.70. The molecule has 3 aromatic heterocycles. The number of pyridine rings is 2. The Morgan fingerprint density at radius 1 is 0.797 bits per heavy atom. The van der Waals surface area contributed by atoms with Crippen LogP contribution in [0.1, 0.15) is 114 Å². The van der Waals surface area contributed by atoms with E-state index in [0.717, 1.165) is 71.6 Å². The van der Waals surface area contributed by atoms with Gasteiger partial charge in [-0.2, -0.15) is 0 Å². The first-order chi connectivity index (χ1) is 35.9. The number of likely N-dealkylation sites (tertiary alicyclic amines) is 3. The lowest BCUT2D eigenvalue weighted by atomic mass is 9.73. The monoisotopic (exact) mass is 1000 g/mol. The van der Waals surface area contributed by atoms with Gasteiger partial charge in [0.1, 0.15) is 17.2 Å². The number of imidazole rings is 1. The number of halogens is 1. The number of amides is 5. The number of anilines is 4. The number of aromatic nitrogens is 4. The first kappa shape index (κ1) is 48.2. The van der Waals surface area contributed by atoms with Crippen LogP contribution < -0.4 is 20.4 Å². The van der Waals surface area contributed by atoms with Crippen molar-refractivity contribution in [3.63, 3.8) is 0 Å². The predicted octanol–water partition coefficient (Wildman–Crippen LogP) is 7.47. The minimum atomic E-state index is -0.748. The van der Waals surface area contributed by atoms with Gasteiger partial charge in [0.05, 0.1) is 40.5 Å². The number of hydrogen-bond donors (Lipinski definition) is 2. The number of hydrogen-bond acceptors (Lipinski definition) is 11. The molecule has 0 bridgehead atoms. The zero-order valence-electron chi connectivity index (χ0n) is 42.5. The first-order valence-electron chi connectivity index (χ1n) is 27.2. The Bertz CT molecular complexity index is 3000. The molecule has 16 nitrogen and oxygen atoms in total. The maximum atomic E-state index is 15.3. The van der Waals surface area contributed by atoms with Gasteiger partial charge in [-0.25, -0.2) is 19.3 Å². The van der Waals surface area contributed by atoms with E-state index in [2.05, 4.69) is 62.4 Å². The number of imide groups is 1. The SMILES string of the molecule is CC(C)n1cnc2cc(-c3ccc4c(c3)N(C3CC(N5CCCCC5)C3)C(=O)C43CCN(C(=O)C4CCN(C(=O)[C@H]5CCN(c6ccc(C7CCC(=O)NC7=O)cn6)C5)CC4)CC3)nc(Nc3ccccc3F)c21. The lowest BCUT2D eigenvalue weighted by Crippen LogP contribution is -2.58.